The zero-order chi connectivity index (χ0) is 11.8. The van der Waals surface area contributed by atoms with E-state index in [4.69, 9.17) is 4.74 Å². The molecule has 2 nitrogen and oxygen atoms in total. The van der Waals surface area contributed by atoms with Gasteiger partial charge in [0.25, 0.3) is 0 Å². The molecule has 0 amide bonds. The Bertz CT molecular complexity index is 327. The standard InChI is InChI=1S/C13H19NOS/c1-4-9-14-10-11(2)15-12-7-5-6-8-13(12)16-3/h4-8,11,14H,1,9-10H2,2-3H3. The number of rotatable bonds is 7. The Morgan fingerprint density at radius 2 is 2.25 bits per heavy atom. The molecule has 0 aromatic heterocycles. The van der Waals surface area contributed by atoms with Crippen molar-refractivity contribution in [2.24, 2.45) is 0 Å². The predicted molar refractivity (Wildman–Crippen MR) is 71.4 cm³/mol. The molecule has 0 fully saturated rings. The number of para-hydroxylation sites is 1. The van der Waals surface area contributed by atoms with Gasteiger partial charge in [-0.2, -0.15) is 0 Å². The van der Waals surface area contributed by atoms with E-state index in [2.05, 4.69) is 31.1 Å². The molecule has 0 heterocycles. The third-order valence-electron chi connectivity index (χ3n) is 2.12. The van der Waals surface area contributed by atoms with E-state index in [1.165, 1.54) is 4.90 Å². The van der Waals surface area contributed by atoms with E-state index < -0.39 is 0 Å². The van der Waals surface area contributed by atoms with Gasteiger partial charge >= 0.3 is 0 Å². The van der Waals surface area contributed by atoms with Crippen molar-refractivity contribution in [3.63, 3.8) is 0 Å². The maximum Gasteiger partial charge on any atom is 0.133 e. The molecule has 0 aliphatic carbocycles. The third-order valence-corrected chi connectivity index (χ3v) is 2.89. The Balaban J connectivity index is 2.48. The highest BCUT2D eigenvalue weighted by Gasteiger charge is 2.06. The normalized spacial score (nSPS) is 12.1. The van der Waals surface area contributed by atoms with Gasteiger partial charge in [-0.25, -0.2) is 0 Å². The van der Waals surface area contributed by atoms with E-state index in [9.17, 15) is 0 Å². The van der Waals surface area contributed by atoms with Gasteiger partial charge < -0.3 is 10.1 Å². The quantitative estimate of drug-likeness (QED) is 0.447. The predicted octanol–water partition coefficient (Wildman–Crippen LogP) is 2.95. The summed E-state index contributed by atoms with van der Waals surface area (Å²) in [6.07, 6.45) is 4.07. The molecule has 0 aliphatic rings. The van der Waals surface area contributed by atoms with Crippen LogP contribution in [0.4, 0.5) is 0 Å². The van der Waals surface area contributed by atoms with Crippen molar-refractivity contribution in [1.29, 1.82) is 0 Å². The van der Waals surface area contributed by atoms with Crippen LogP contribution >= 0.6 is 11.8 Å². The fourth-order valence-corrected chi connectivity index (χ4v) is 1.90. The highest BCUT2D eigenvalue weighted by Crippen LogP contribution is 2.27. The molecule has 88 valence electrons. The lowest BCUT2D eigenvalue weighted by Gasteiger charge is -2.16. The van der Waals surface area contributed by atoms with Gasteiger partial charge in [0.05, 0.1) is 0 Å². The van der Waals surface area contributed by atoms with Gasteiger partial charge in [0, 0.05) is 18.0 Å². The lowest BCUT2D eigenvalue weighted by Crippen LogP contribution is -2.29. The summed E-state index contributed by atoms with van der Waals surface area (Å²) in [6.45, 7) is 7.37. The van der Waals surface area contributed by atoms with Crippen LogP contribution in [-0.2, 0) is 0 Å². The highest BCUT2D eigenvalue weighted by atomic mass is 32.2. The number of hydrogen-bond acceptors (Lipinski definition) is 3. The summed E-state index contributed by atoms with van der Waals surface area (Å²) in [6, 6.07) is 8.11. The van der Waals surface area contributed by atoms with E-state index in [0.29, 0.717) is 0 Å². The number of hydrogen-bond donors (Lipinski definition) is 1. The minimum Gasteiger partial charge on any atom is -0.488 e. The molecule has 1 aromatic rings. The van der Waals surface area contributed by atoms with Crippen LogP contribution in [0.1, 0.15) is 6.92 Å². The van der Waals surface area contributed by atoms with Crippen LogP contribution in [0.2, 0.25) is 0 Å². The van der Waals surface area contributed by atoms with Crippen molar-refractivity contribution >= 4 is 11.8 Å². The minimum atomic E-state index is 0.160. The van der Waals surface area contributed by atoms with Crippen molar-refractivity contribution < 1.29 is 4.74 Å². The zero-order valence-electron chi connectivity index (χ0n) is 9.90. The SMILES string of the molecule is C=CCNCC(C)Oc1ccccc1SC. The second-order valence-corrected chi connectivity index (χ2v) is 4.37. The van der Waals surface area contributed by atoms with Gasteiger partial charge in [0.2, 0.25) is 0 Å². The van der Waals surface area contributed by atoms with Gasteiger partial charge in [-0.15, -0.1) is 18.3 Å². The van der Waals surface area contributed by atoms with Crippen LogP contribution in [0, 0.1) is 0 Å². The van der Waals surface area contributed by atoms with Crippen LogP contribution < -0.4 is 10.1 Å². The first kappa shape index (κ1) is 13.1. The second kappa shape index (κ2) is 7.36. The fourth-order valence-electron chi connectivity index (χ4n) is 1.36. The Morgan fingerprint density at radius 3 is 2.94 bits per heavy atom. The molecule has 1 aromatic carbocycles. The van der Waals surface area contributed by atoms with Crippen molar-refractivity contribution in [1.82, 2.24) is 5.32 Å². The summed E-state index contributed by atoms with van der Waals surface area (Å²) >= 11 is 1.70. The fraction of sp³-hybridized carbons (Fsp3) is 0.385. The van der Waals surface area contributed by atoms with Crippen molar-refractivity contribution in [2.75, 3.05) is 19.3 Å². The Hall–Kier alpha value is -0.930. The van der Waals surface area contributed by atoms with Gasteiger partial charge in [0.1, 0.15) is 11.9 Å². The minimum absolute atomic E-state index is 0.160. The first-order chi connectivity index (χ1) is 7.77. The maximum absolute atomic E-state index is 5.87. The molecular weight excluding hydrogens is 218 g/mol. The Labute approximate surface area is 102 Å². The van der Waals surface area contributed by atoms with Crippen LogP contribution in [0.5, 0.6) is 5.75 Å². The number of thioether (sulfide) groups is 1. The van der Waals surface area contributed by atoms with E-state index in [1.54, 1.807) is 11.8 Å². The molecule has 1 atom stereocenters. The average Bonchev–Trinajstić information content (AvgIpc) is 2.30. The third kappa shape index (κ3) is 4.29. The zero-order valence-corrected chi connectivity index (χ0v) is 10.7. The molecule has 0 saturated heterocycles. The summed E-state index contributed by atoms with van der Waals surface area (Å²) in [5.74, 6) is 0.961. The highest BCUT2D eigenvalue weighted by molar-refractivity contribution is 7.98. The Kier molecular flexibility index (Phi) is 6.04. The molecule has 0 radical (unpaired) electrons. The van der Waals surface area contributed by atoms with Gasteiger partial charge in [-0.1, -0.05) is 18.2 Å². The van der Waals surface area contributed by atoms with Gasteiger partial charge in [0.15, 0.2) is 0 Å². The number of benzene rings is 1. The Morgan fingerprint density at radius 1 is 1.50 bits per heavy atom. The van der Waals surface area contributed by atoms with E-state index in [0.717, 1.165) is 18.8 Å². The molecule has 16 heavy (non-hydrogen) atoms. The molecule has 1 unspecified atom stereocenters. The van der Waals surface area contributed by atoms with E-state index in [-0.39, 0.29) is 6.10 Å². The first-order valence-corrected chi connectivity index (χ1v) is 6.61. The number of ether oxygens (including phenoxy) is 1. The summed E-state index contributed by atoms with van der Waals surface area (Å²) in [4.78, 5) is 1.18. The van der Waals surface area contributed by atoms with E-state index >= 15 is 0 Å². The largest absolute Gasteiger partial charge is 0.488 e. The topological polar surface area (TPSA) is 21.3 Å². The summed E-state index contributed by atoms with van der Waals surface area (Å²) in [5.41, 5.74) is 0. The molecule has 1 N–H and O–H groups in total. The smallest absolute Gasteiger partial charge is 0.133 e. The second-order valence-electron chi connectivity index (χ2n) is 3.53. The maximum atomic E-state index is 5.87. The summed E-state index contributed by atoms with van der Waals surface area (Å²) in [5, 5.41) is 3.24. The lowest BCUT2D eigenvalue weighted by molar-refractivity contribution is 0.214. The van der Waals surface area contributed by atoms with Crippen molar-refractivity contribution in [3.05, 3.63) is 36.9 Å². The monoisotopic (exact) mass is 237 g/mol. The molecule has 0 bridgehead atoms. The van der Waals surface area contributed by atoms with Crippen LogP contribution in [0.15, 0.2) is 41.8 Å². The molecule has 0 spiro atoms. The summed E-state index contributed by atoms with van der Waals surface area (Å²) in [7, 11) is 0. The van der Waals surface area contributed by atoms with Gasteiger partial charge in [-0.3, -0.25) is 0 Å². The molecule has 3 heteroatoms. The molecule has 0 aliphatic heterocycles. The first-order valence-electron chi connectivity index (χ1n) is 5.39. The van der Waals surface area contributed by atoms with Crippen LogP contribution in [-0.4, -0.2) is 25.4 Å². The van der Waals surface area contributed by atoms with E-state index in [1.807, 2.05) is 24.3 Å². The molecule has 1 rings (SSSR count). The van der Waals surface area contributed by atoms with Crippen LogP contribution in [0.25, 0.3) is 0 Å². The average molecular weight is 237 g/mol. The van der Waals surface area contributed by atoms with Gasteiger partial charge in [-0.05, 0) is 25.3 Å². The van der Waals surface area contributed by atoms with Crippen molar-refractivity contribution in [2.45, 2.75) is 17.9 Å². The summed E-state index contributed by atoms with van der Waals surface area (Å²) < 4.78 is 5.87. The molecular formula is C13H19NOS. The number of nitrogens with one attached hydrogen (secondary N) is 1. The van der Waals surface area contributed by atoms with Crippen LogP contribution in [0.3, 0.4) is 0 Å². The van der Waals surface area contributed by atoms with Crippen molar-refractivity contribution in [3.8, 4) is 5.75 Å². The lowest BCUT2D eigenvalue weighted by atomic mass is 10.3. The molecule has 0 saturated carbocycles.